The lowest BCUT2D eigenvalue weighted by atomic mass is 9.99. The summed E-state index contributed by atoms with van der Waals surface area (Å²) in [4.78, 5) is 26.3. The van der Waals surface area contributed by atoms with Crippen LogP contribution in [0, 0.1) is 0 Å². The number of hydrogen-bond donors (Lipinski definition) is 6. The maximum atomic E-state index is 13.3. The van der Waals surface area contributed by atoms with E-state index >= 15 is 0 Å². The number of esters is 1. The topological polar surface area (TPSA) is 175 Å². The standard InChI is InChI=1S/C60H95NO10/c1-4-7-10-13-16-19-22-24-25-26-27-28-29-30-33-36-39-42-45-48-55(65)71-58-57(67)56(66)54(49-62)70-60(58)69-50-51(52(63)46-43-40-37-34-31-21-18-15-12-9-6-3)61-59(68)53(64)47-44-41-38-35-32-23-20-17-14-11-8-5-2/h7-8,10-11,14,16-17,19-20,23-25,27-28,30,32-33,35,39,42-43,46,51-54,56-58,60,62-64,66-67H,4-6,9,12-13,15,18,21-22,26,29,31,34,36-38,40-41,44-45,47-50H2,1-3H3,(H,61,68)/b10-7-,11-8+,17-14+,19-16-,23-20-,25-24-,28-27-,33-30-,35-32-,42-39-,46-43+. The molecule has 0 bridgehead atoms. The summed E-state index contributed by atoms with van der Waals surface area (Å²) in [5.41, 5.74) is 0. The quantitative estimate of drug-likeness (QED) is 0.0149. The highest BCUT2D eigenvalue weighted by Crippen LogP contribution is 2.26. The third-order valence-corrected chi connectivity index (χ3v) is 11.7. The lowest BCUT2D eigenvalue weighted by Crippen LogP contribution is -2.61. The molecule has 0 aromatic carbocycles. The van der Waals surface area contributed by atoms with Gasteiger partial charge in [-0.1, -0.05) is 212 Å². The summed E-state index contributed by atoms with van der Waals surface area (Å²) in [7, 11) is 0. The van der Waals surface area contributed by atoms with Gasteiger partial charge >= 0.3 is 5.97 Å². The predicted octanol–water partition coefficient (Wildman–Crippen LogP) is 11.7. The van der Waals surface area contributed by atoms with Gasteiger partial charge in [-0.2, -0.15) is 0 Å². The molecule has 1 aliphatic heterocycles. The molecule has 1 heterocycles. The average Bonchev–Trinajstić information content (AvgIpc) is 3.37. The average molecular weight is 990 g/mol. The number of allylic oxidation sites excluding steroid dienone is 21. The minimum absolute atomic E-state index is 0.0151. The van der Waals surface area contributed by atoms with Gasteiger partial charge in [0.05, 0.1) is 25.4 Å². The number of carbonyl (C=O) groups is 2. The SMILES string of the molecule is CC/C=C\C/C=C\C/C=C\C/C=C\C/C=C\C/C=C\CCC(=O)OC1C(OCC(NC(=O)C(O)CCCC\C=C/C=C\C=C\C=C\CC)C(O)/C=C/CCCCCCCCCCC)OC(CO)C(O)C1O. The van der Waals surface area contributed by atoms with Crippen molar-refractivity contribution in [3.05, 3.63) is 134 Å². The van der Waals surface area contributed by atoms with Crippen molar-refractivity contribution >= 4 is 11.9 Å². The number of hydrogen-bond acceptors (Lipinski definition) is 10. The number of ether oxygens (including phenoxy) is 3. The maximum absolute atomic E-state index is 13.3. The van der Waals surface area contributed by atoms with Crippen molar-refractivity contribution in [2.24, 2.45) is 0 Å². The van der Waals surface area contributed by atoms with E-state index < -0.39 is 67.4 Å². The van der Waals surface area contributed by atoms with E-state index in [4.69, 9.17) is 14.2 Å². The first-order chi connectivity index (χ1) is 34.7. The van der Waals surface area contributed by atoms with Gasteiger partial charge in [-0.3, -0.25) is 9.59 Å². The first-order valence-electron chi connectivity index (χ1n) is 27.0. The van der Waals surface area contributed by atoms with E-state index in [9.17, 15) is 35.1 Å². The summed E-state index contributed by atoms with van der Waals surface area (Å²) >= 11 is 0. The second-order valence-corrected chi connectivity index (χ2v) is 17.9. The molecule has 8 unspecified atom stereocenters. The Morgan fingerprint density at radius 2 is 1.08 bits per heavy atom. The van der Waals surface area contributed by atoms with Gasteiger partial charge in [-0.15, -0.1) is 0 Å². The number of carbonyl (C=O) groups excluding carboxylic acids is 2. The molecule has 0 saturated carbocycles. The van der Waals surface area contributed by atoms with Crippen LogP contribution in [-0.2, 0) is 23.8 Å². The van der Waals surface area contributed by atoms with E-state index in [0.717, 1.165) is 77.0 Å². The third kappa shape index (κ3) is 35.5. The zero-order valence-corrected chi connectivity index (χ0v) is 43.8. The molecule has 71 heavy (non-hydrogen) atoms. The monoisotopic (exact) mass is 990 g/mol. The summed E-state index contributed by atoms with van der Waals surface area (Å²) < 4.78 is 17.4. The van der Waals surface area contributed by atoms with Crippen LogP contribution < -0.4 is 5.32 Å². The molecular formula is C60H95NO10. The molecule has 1 aliphatic rings. The molecule has 400 valence electrons. The van der Waals surface area contributed by atoms with Crippen LogP contribution in [-0.4, -0.2) is 99.6 Å². The van der Waals surface area contributed by atoms with Gasteiger partial charge in [0.2, 0.25) is 5.91 Å². The normalized spacial score (nSPS) is 20.7. The fourth-order valence-electron chi connectivity index (χ4n) is 7.39. The van der Waals surface area contributed by atoms with Crippen LogP contribution in [0.4, 0.5) is 0 Å². The molecule has 8 atom stereocenters. The van der Waals surface area contributed by atoms with Crippen molar-refractivity contribution in [2.45, 2.75) is 217 Å². The van der Waals surface area contributed by atoms with Crippen LogP contribution >= 0.6 is 0 Å². The Kier molecular flexibility index (Phi) is 42.8. The van der Waals surface area contributed by atoms with E-state index in [1.807, 2.05) is 60.8 Å². The molecule has 1 saturated heterocycles. The number of unbranched alkanes of at least 4 members (excludes halogenated alkanes) is 11. The Hall–Kier alpha value is -4.20. The van der Waals surface area contributed by atoms with Crippen LogP contribution in [0.25, 0.3) is 0 Å². The Balaban J connectivity index is 2.82. The smallest absolute Gasteiger partial charge is 0.306 e. The first-order valence-corrected chi connectivity index (χ1v) is 27.0. The fourth-order valence-corrected chi connectivity index (χ4v) is 7.39. The molecule has 0 radical (unpaired) electrons. The zero-order valence-electron chi connectivity index (χ0n) is 43.8. The van der Waals surface area contributed by atoms with E-state index in [2.05, 4.69) is 92.9 Å². The van der Waals surface area contributed by atoms with Gasteiger partial charge in [-0.25, -0.2) is 0 Å². The highest BCUT2D eigenvalue weighted by Gasteiger charge is 2.47. The third-order valence-electron chi connectivity index (χ3n) is 11.7. The van der Waals surface area contributed by atoms with Crippen molar-refractivity contribution < 1.29 is 49.3 Å². The summed E-state index contributed by atoms with van der Waals surface area (Å²) in [6.45, 7) is 5.41. The van der Waals surface area contributed by atoms with E-state index in [1.165, 1.54) is 38.5 Å². The first kappa shape index (κ1) is 64.8. The van der Waals surface area contributed by atoms with Crippen molar-refractivity contribution in [3.63, 3.8) is 0 Å². The van der Waals surface area contributed by atoms with Gasteiger partial charge in [0.25, 0.3) is 0 Å². The highest BCUT2D eigenvalue weighted by atomic mass is 16.7. The Morgan fingerprint density at radius 1 is 0.577 bits per heavy atom. The molecule has 1 fully saturated rings. The molecular weight excluding hydrogens is 895 g/mol. The zero-order chi connectivity index (χ0) is 51.8. The number of aliphatic hydroxyl groups excluding tert-OH is 5. The van der Waals surface area contributed by atoms with Crippen LogP contribution in [0.5, 0.6) is 0 Å². The molecule has 1 amide bonds. The molecule has 6 N–H and O–H groups in total. The number of amides is 1. The molecule has 0 spiro atoms. The largest absolute Gasteiger partial charge is 0.454 e. The number of aliphatic hydroxyl groups is 5. The highest BCUT2D eigenvalue weighted by molar-refractivity contribution is 5.80. The molecule has 11 nitrogen and oxygen atoms in total. The van der Waals surface area contributed by atoms with Crippen LogP contribution in [0.15, 0.2) is 134 Å². The van der Waals surface area contributed by atoms with E-state index in [-0.39, 0.29) is 19.4 Å². The van der Waals surface area contributed by atoms with Crippen LogP contribution in [0.1, 0.15) is 168 Å². The lowest BCUT2D eigenvalue weighted by molar-refractivity contribution is -0.305. The van der Waals surface area contributed by atoms with Gasteiger partial charge in [0, 0.05) is 6.42 Å². The van der Waals surface area contributed by atoms with Crippen LogP contribution in [0.2, 0.25) is 0 Å². The fraction of sp³-hybridized carbons (Fsp3) is 0.600. The summed E-state index contributed by atoms with van der Waals surface area (Å²) in [6.07, 6.45) is 55.2. The minimum Gasteiger partial charge on any atom is -0.454 e. The van der Waals surface area contributed by atoms with Gasteiger partial charge < -0.3 is 45.1 Å². The van der Waals surface area contributed by atoms with E-state index in [1.54, 1.807) is 6.08 Å². The van der Waals surface area contributed by atoms with Crippen molar-refractivity contribution in [1.82, 2.24) is 5.32 Å². The summed E-state index contributed by atoms with van der Waals surface area (Å²) in [5, 5.41) is 56.6. The van der Waals surface area contributed by atoms with Crippen molar-refractivity contribution in [2.75, 3.05) is 13.2 Å². The summed E-state index contributed by atoms with van der Waals surface area (Å²) in [5.74, 6) is -1.34. The maximum Gasteiger partial charge on any atom is 0.306 e. The second-order valence-electron chi connectivity index (χ2n) is 17.9. The van der Waals surface area contributed by atoms with Gasteiger partial charge in [0.1, 0.15) is 24.4 Å². The number of nitrogens with one attached hydrogen (secondary N) is 1. The lowest BCUT2D eigenvalue weighted by Gasteiger charge is -2.41. The molecule has 1 rings (SSSR count). The summed E-state index contributed by atoms with van der Waals surface area (Å²) in [6, 6.07) is -1.07. The molecule has 11 heteroatoms. The molecule has 0 aliphatic carbocycles. The number of rotatable bonds is 42. The van der Waals surface area contributed by atoms with Crippen molar-refractivity contribution in [3.8, 4) is 0 Å². The Bertz CT molecular complexity index is 1650. The minimum atomic E-state index is -1.66. The predicted molar refractivity (Wildman–Crippen MR) is 291 cm³/mol. The second kappa shape index (κ2) is 46.8. The van der Waals surface area contributed by atoms with E-state index in [0.29, 0.717) is 19.3 Å². The molecule has 0 aromatic heterocycles. The van der Waals surface area contributed by atoms with Gasteiger partial charge in [0.15, 0.2) is 12.4 Å². The molecule has 0 aromatic rings. The van der Waals surface area contributed by atoms with Crippen molar-refractivity contribution in [1.29, 1.82) is 0 Å². The Labute approximate surface area is 429 Å². The Morgan fingerprint density at radius 3 is 1.66 bits per heavy atom. The van der Waals surface area contributed by atoms with Crippen LogP contribution in [0.3, 0.4) is 0 Å². The van der Waals surface area contributed by atoms with Gasteiger partial charge in [-0.05, 0) is 83.5 Å².